The standard InChI is InChI=1S/C12H18ClNO.C2H2O4/c1-9-5-6-11(13)12(10(9)2)15-8-4-7-14-3;3-1(4)2(5)6/h5-6,14H,4,7-8H2,1-3H3;(H,3,4)(H,5,6). The lowest BCUT2D eigenvalue weighted by Crippen LogP contribution is -2.12. The molecule has 0 fully saturated rings. The van der Waals surface area contributed by atoms with Crippen LogP contribution in [0.3, 0.4) is 0 Å². The van der Waals surface area contributed by atoms with E-state index in [0.717, 1.165) is 24.3 Å². The Bertz CT molecular complexity index is 478. The van der Waals surface area contributed by atoms with Crippen LogP contribution in [-0.2, 0) is 9.59 Å². The van der Waals surface area contributed by atoms with E-state index >= 15 is 0 Å². The molecule has 0 saturated heterocycles. The average Bonchev–Trinajstić information content (AvgIpc) is 2.43. The highest BCUT2D eigenvalue weighted by Gasteiger charge is 2.07. The van der Waals surface area contributed by atoms with Crippen LogP contribution in [0.1, 0.15) is 17.5 Å². The molecule has 7 heteroatoms. The third-order valence-corrected chi connectivity index (χ3v) is 2.93. The van der Waals surface area contributed by atoms with E-state index in [2.05, 4.69) is 12.2 Å². The lowest BCUT2D eigenvalue weighted by molar-refractivity contribution is -0.159. The largest absolute Gasteiger partial charge is 0.492 e. The second-order valence-electron chi connectivity index (χ2n) is 4.23. The highest BCUT2D eigenvalue weighted by molar-refractivity contribution is 6.32. The Labute approximate surface area is 128 Å². The van der Waals surface area contributed by atoms with E-state index in [1.54, 1.807) is 0 Å². The van der Waals surface area contributed by atoms with Crippen LogP contribution < -0.4 is 10.1 Å². The van der Waals surface area contributed by atoms with E-state index in [0.29, 0.717) is 11.6 Å². The minimum atomic E-state index is -1.82. The van der Waals surface area contributed by atoms with Crippen LogP contribution in [0.15, 0.2) is 12.1 Å². The fraction of sp³-hybridized carbons (Fsp3) is 0.429. The van der Waals surface area contributed by atoms with Crippen LogP contribution >= 0.6 is 11.6 Å². The third kappa shape index (κ3) is 7.53. The molecule has 1 aromatic rings. The SMILES string of the molecule is CNCCCOc1c(Cl)ccc(C)c1C.O=C(O)C(=O)O. The molecular weight excluding hydrogens is 298 g/mol. The first-order chi connectivity index (χ1) is 9.81. The number of hydrogen-bond acceptors (Lipinski definition) is 4. The quantitative estimate of drug-likeness (QED) is 0.568. The molecule has 0 radical (unpaired) electrons. The maximum absolute atomic E-state index is 9.10. The second-order valence-corrected chi connectivity index (χ2v) is 4.64. The van der Waals surface area contributed by atoms with Gasteiger partial charge in [-0.2, -0.15) is 0 Å². The van der Waals surface area contributed by atoms with Crippen LogP contribution in [0.2, 0.25) is 5.02 Å². The van der Waals surface area contributed by atoms with Crippen molar-refractivity contribution in [2.45, 2.75) is 20.3 Å². The van der Waals surface area contributed by atoms with Crippen LogP contribution in [0.4, 0.5) is 0 Å². The van der Waals surface area contributed by atoms with Crippen LogP contribution in [-0.4, -0.2) is 42.4 Å². The fourth-order valence-electron chi connectivity index (χ4n) is 1.36. The normalized spacial score (nSPS) is 9.52. The lowest BCUT2D eigenvalue weighted by atomic mass is 10.1. The Morgan fingerprint density at radius 2 is 1.81 bits per heavy atom. The summed E-state index contributed by atoms with van der Waals surface area (Å²) in [4.78, 5) is 18.2. The van der Waals surface area contributed by atoms with Gasteiger partial charge in [-0.3, -0.25) is 0 Å². The van der Waals surface area contributed by atoms with E-state index in [1.165, 1.54) is 5.56 Å². The number of aryl methyl sites for hydroxylation is 1. The molecule has 118 valence electrons. The van der Waals surface area contributed by atoms with Crippen molar-refractivity contribution in [1.82, 2.24) is 5.32 Å². The van der Waals surface area contributed by atoms with Crippen LogP contribution in [0.5, 0.6) is 5.75 Å². The van der Waals surface area contributed by atoms with Crippen molar-refractivity contribution in [2.75, 3.05) is 20.2 Å². The maximum Gasteiger partial charge on any atom is 0.414 e. The van der Waals surface area contributed by atoms with E-state index in [1.807, 2.05) is 26.1 Å². The summed E-state index contributed by atoms with van der Waals surface area (Å²) >= 11 is 6.07. The van der Waals surface area contributed by atoms with Gasteiger partial charge in [0.25, 0.3) is 0 Å². The van der Waals surface area contributed by atoms with Gasteiger partial charge in [0.15, 0.2) is 0 Å². The number of aliphatic carboxylic acids is 2. The van der Waals surface area contributed by atoms with Gasteiger partial charge < -0.3 is 20.3 Å². The molecule has 0 unspecified atom stereocenters. The number of ether oxygens (including phenoxy) is 1. The summed E-state index contributed by atoms with van der Waals surface area (Å²) in [5.41, 5.74) is 2.34. The van der Waals surface area contributed by atoms with Crippen molar-refractivity contribution < 1.29 is 24.5 Å². The van der Waals surface area contributed by atoms with Gasteiger partial charge in [-0.1, -0.05) is 17.7 Å². The predicted octanol–water partition coefficient (Wildman–Crippen LogP) is 2.10. The van der Waals surface area contributed by atoms with Crippen molar-refractivity contribution >= 4 is 23.5 Å². The molecule has 0 aliphatic carbocycles. The highest BCUT2D eigenvalue weighted by Crippen LogP contribution is 2.30. The molecular formula is C14H20ClNO5. The molecule has 6 nitrogen and oxygen atoms in total. The highest BCUT2D eigenvalue weighted by atomic mass is 35.5. The molecule has 0 amide bonds. The molecule has 0 aromatic heterocycles. The van der Waals surface area contributed by atoms with Gasteiger partial charge in [0.1, 0.15) is 5.75 Å². The van der Waals surface area contributed by atoms with Crippen molar-refractivity contribution in [3.63, 3.8) is 0 Å². The number of benzene rings is 1. The summed E-state index contributed by atoms with van der Waals surface area (Å²) in [6.45, 7) is 5.76. The Hall–Kier alpha value is -1.79. The summed E-state index contributed by atoms with van der Waals surface area (Å²) in [5.74, 6) is -2.82. The van der Waals surface area contributed by atoms with Gasteiger partial charge in [-0.25, -0.2) is 9.59 Å². The molecule has 0 heterocycles. The van der Waals surface area contributed by atoms with Gasteiger partial charge >= 0.3 is 11.9 Å². The Kier molecular flexibility index (Phi) is 9.16. The molecule has 0 spiro atoms. The third-order valence-electron chi connectivity index (χ3n) is 2.63. The maximum atomic E-state index is 9.10. The Morgan fingerprint density at radius 3 is 2.29 bits per heavy atom. The molecule has 0 bridgehead atoms. The number of carbonyl (C=O) groups is 2. The summed E-state index contributed by atoms with van der Waals surface area (Å²) in [7, 11) is 1.94. The average molecular weight is 318 g/mol. The first-order valence-corrected chi connectivity index (χ1v) is 6.68. The summed E-state index contributed by atoms with van der Waals surface area (Å²) in [6, 6.07) is 3.90. The molecule has 0 saturated carbocycles. The van der Waals surface area contributed by atoms with Crippen molar-refractivity contribution in [3.8, 4) is 5.75 Å². The molecule has 21 heavy (non-hydrogen) atoms. The number of halogens is 1. The van der Waals surface area contributed by atoms with E-state index in [-0.39, 0.29) is 0 Å². The zero-order chi connectivity index (χ0) is 16.4. The molecule has 1 aromatic carbocycles. The van der Waals surface area contributed by atoms with Crippen molar-refractivity contribution in [1.29, 1.82) is 0 Å². The van der Waals surface area contributed by atoms with Crippen LogP contribution in [0.25, 0.3) is 0 Å². The van der Waals surface area contributed by atoms with E-state index in [4.69, 9.17) is 36.1 Å². The topological polar surface area (TPSA) is 95.9 Å². The molecule has 0 aliphatic rings. The first-order valence-electron chi connectivity index (χ1n) is 6.30. The van der Waals surface area contributed by atoms with Gasteiger partial charge in [0.05, 0.1) is 11.6 Å². The van der Waals surface area contributed by atoms with Gasteiger partial charge in [0.2, 0.25) is 0 Å². The van der Waals surface area contributed by atoms with Crippen LogP contribution in [0, 0.1) is 13.8 Å². The lowest BCUT2D eigenvalue weighted by Gasteiger charge is -2.12. The Balaban J connectivity index is 0.000000567. The summed E-state index contributed by atoms with van der Waals surface area (Å²) < 4.78 is 5.68. The summed E-state index contributed by atoms with van der Waals surface area (Å²) in [5, 5.41) is 18.6. The first kappa shape index (κ1) is 19.2. The monoisotopic (exact) mass is 317 g/mol. The minimum Gasteiger partial charge on any atom is -0.492 e. The van der Waals surface area contributed by atoms with E-state index < -0.39 is 11.9 Å². The minimum absolute atomic E-state index is 0.697. The Morgan fingerprint density at radius 1 is 1.24 bits per heavy atom. The fourth-order valence-corrected chi connectivity index (χ4v) is 1.62. The number of hydrogen-bond donors (Lipinski definition) is 3. The molecule has 3 N–H and O–H groups in total. The van der Waals surface area contributed by atoms with Gasteiger partial charge in [-0.15, -0.1) is 0 Å². The zero-order valence-corrected chi connectivity index (χ0v) is 13.0. The smallest absolute Gasteiger partial charge is 0.414 e. The number of rotatable bonds is 5. The molecule has 1 rings (SSSR count). The van der Waals surface area contributed by atoms with Crippen molar-refractivity contribution in [2.24, 2.45) is 0 Å². The zero-order valence-electron chi connectivity index (χ0n) is 12.3. The van der Waals surface area contributed by atoms with E-state index in [9.17, 15) is 0 Å². The van der Waals surface area contributed by atoms with Crippen molar-refractivity contribution in [3.05, 3.63) is 28.3 Å². The number of carboxylic acid groups (broad SMARTS) is 2. The van der Waals surface area contributed by atoms with Gasteiger partial charge in [0, 0.05) is 0 Å². The summed E-state index contributed by atoms with van der Waals surface area (Å²) in [6.07, 6.45) is 0.986. The predicted molar refractivity (Wildman–Crippen MR) is 80.2 cm³/mol. The molecule has 0 atom stereocenters. The van der Waals surface area contributed by atoms with Gasteiger partial charge in [-0.05, 0) is 51.1 Å². The second kappa shape index (κ2) is 10.0. The number of nitrogens with one attached hydrogen (secondary N) is 1. The number of carboxylic acids is 2. The molecule has 0 aliphatic heterocycles.